The highest BCUT2D eigenvalue weighted by Gasteiger charge is 2.23. The second-order valence-electron chi connectivity index (χ2n) is 5.35. The summed E-state index contributed by atoms with van der Waals surface area (Å²) in [5.41, 5.74) is 0.865. The van der Waals surface area contributed by atoms with E-state index in [1.54, 1.807) is 18.2 Å². The molecule has 4 nitrogen and oxygen atoms in total. The van der Waals surface area contributed by atoms with Gasteiger partial charge in [0.05, 0.1) is 19.3 Å². The highest BCUT2D eigenvalue weighted by Crippen LogP contribution is 2.22. The average Bonchev–Trinajstić information content (AvgIpc) is 2.56. The Kier molecular flexibility index (Phi) is 6.97. The van der Waals surface area contributed by atoms with Crippen LogP contribution >= 0.6 is 0 Å². The number of allylic oxidation sites excluding steroid dienone is 3. The summed E-state index contributed by atoms with van der Waals surface area (Å²) < 4.78 is 18.9. The predicted octanol–water partition coefficient (Wildman–Crippen LogP) is 2.45. The number of carbonyl (C=O) groups excluding carboxylic acids is 1. The first kappa shape index (κ1) is 17.4. The van der Waals surface area contributed by atoms with Gasteiger partial charge in [-0.05, 0) is 24.6 Å². The van der Waals surface area contributed by atoms with Crippen LogP contribution in [0.15, 0.2) is 48.6 Å². The summed E-state index contributed by atoms with van der Waals surface area (Å²) in [5, 5.41) is 2.89. The lowest BCUT2D eigenvalue weighted by molar-refractivity contribution is -0.116. The lowest BCUT2D eigenvalue weighted by Gasteiger charge is -2.34. The molecular weight excluding hydrogens is 295 g/mol. The molecule has 1 aromatic rings. The van der Waals surface area contributed by atoms with Crippen LogP contribution in [0.4, 0.5) is 4.39 Å². The standard InChI is InChI=1S/C18H23FN2O2/c1-2-3-4-8-18(22)20-14-17(21-9-11-23-12-10-21)15-6-5-7-16(19)13-15/h2-8,13,17H,9-12,14H2,1H3,(H,20,22)/b3-2+,8-4-/t17-/m0/s1. The highest BCUT2D eigenvalue weighted by molar-refractivity contribution is 5.87. The number of hydrogen-bond donors (Lipinski definition) is 1. The molecule has 0 aromatic heterocycles. The molecule has 5 heteroatoms. The van der Waals surface area contributed by atoms with Crippen molar-refractivity contribution in [3.63, 3.8) is 0 Å². The number of benzene rings is 1. The second kappa shape index (κ2) is 9.22. The summed E-state index contributed by atoms with van der Waals surface area (Å²) >= 11 is 0. The molecule has 2 rings (SSSR count). The fourth-order valence-corrected chi connectivity index (χ4v) is 2.57. The summed E-state index contributed by atoms with van der Waals surface area (Å²) in [7, 11) is 0. The van der Waals surface area contributed by atoms with Gasteiger partial charge in [-0.3, -0.25) is 9.69 Å². The summed E-state index contributed by atoms with van der Waals surface area (Å²) in [5.74, 6) is -0.419. The molecule has 1 amide bonds. The Labute approximate surface area is 136 Å². The maximum absolute atomic E-state index is 13.5. The average molecular weight is 318 g/mol. The van der Waals surface area contributed by atoms with Gasteiger partial charge in [0.2, 0.25) is 5.91 Å². The molecule has 0 spiro atoms. The molecule has 124 valence electrons. The Balaban J connectivity index is 2.05. The first-order valence-electron chi connectivity index (χ1n) is 7.85. The summed E-state index contributed by atoms with van der Waals surface area (Å²) in [6.07, 6.45) is 6.84. The van der Waals surface area contributed by atoms with Crippen molar-refractivity contribution < 1.29 is 13.9 Å². The van der Waals surface area contributed by atoms with Crippen LogP contribution in [0.5, 0.6) is 0 Å². The van der Waals surface area contributed by atoms with Crippen LogP contribution in [0.3, 0.4) is 0 Å². The minimum Gasteiger partial charge on any atom is -0.379 e. The van der Waals surface area contributed by atoms with Gasteiger partial charge in [0.1, 0.15) is 5.82 Å². The van der Waals surface area contributed by atoms with E-state index in [1.165, 1.54) is 18.2 Å². The molecule has 0 aliphatic carbocycles. The smallest absolute Gasteiger partial charge is 0.244 e. The third-order valence-electron chi connectivity index (χ3n) is 3.74. The number of carbonyl (C=O) groups is 1. The number of ether oxygens (including phenoxy) is 1. The summed E-state index contributed by atoms with van der Waals surface area (Å²) in [4.78, 5) is 14.1. The lowest BCUT2D eigenvalue weighted by atomic mass is 10.0. The van der Waals surface area contributed by atoms with E-state index in [2.05, 4.69) is 10.2 Å². The van der Waals surface area contributed by atoms with Crippen molar-refractivity contribution in [1.82, 2.24) is 10.2 Å². The summed E-state index contributed by atoms with van der Waals surface area (Å²) in [6, 6.07) is 6.49. The first-order valence-corrected chi connectivity index (χ1v) is 7.85. The van der Waals surface area contributed by atoms with Crippen molar-refractivity contribution in [3.8, 4) is 0 Å². The zero-order valence-electron chi connectivity index (χ0n) is 13.4. The molecule has 0 bridgehead atoms. The van der Waals surface area contributed by atoms with Crippen molar-refractivity contribution >= 4 is 5.91 Å². The maximum Gasteiger partial charge on any atom is 0.244 e. The van der Waals surface area contributed by atoms with Crippen LogP contribution < -0.4 is 5.32 Å². The Morgan fingerprint density at radius 3 is 2.87 bits per heavy atom. The van der Waals surface area contributed by atoms with Gasteiger partial charge >= 0.3 is 0 Å². The minimum atomic E-state index is -0.264. The van der Waals surface area contributed by atoms with Gasteiger partial charge in [-0.15, -0.1) is 0 Å². The number of morpholine rings is 1. The number of halogens is 1. The fraction of sp³-hybridized carbons (Fsp3) is 0.389. The van der Waals surface area contributed by atoms with Crippen molar-refractivity contribution in [2.45, 2.75) is 13.0 Å². The SMILES string of the molecule is C/C=C/C=C\C(=O)NC[C@@H](c1cccc(F)c1)N1CCOCC1. The lowest BCUT2D eigenvalue weighted by Crippen LogP contribution is -2.43. The van der Waals surface area contributed by atoms with Crippen LogP contribution in [-0.4, -0.2) is 43.7 Å². The van der Waals surface area contributed by atoms with Gasteiger partial charge in [0, 0.05) is 25.7 Å². The Hall–Kier alpha value is -1.98. The fourth-order valence-electron chi connectivity index (χ4n) is 2.57. The first-order chi connectivity index (χ1) is 11.2. The van der Waals surface area contributed by atoms with Gasteiger partial charge in [-0.25, -0.2) is 4.39 Å². The van der Waals surface area contributed by atoms with Crippen molar-refractivity contribution in [2.24, 2.45) is 0 Å². The zero-order chi connectivity index (χ0) is 16.5. The molecule has 23 heavy (non-hydrogen) atoms. The molecule has 1 N–H and O–H groups in total. The van der Waals surface area contributed by atoms with Crippen LogP contribution in [-0.2, 0) is 9.53 Å². The highest BCUT2D eigenvalue weighted by atomic mass is 19.1. The van der Waals surface area contributed by atoms with Crippen LogP contribution in [0.25, 0.3) is 0 Å². The number of nitrogens with zero attached hydrogens (tertiary/aromatic N) is 1. The molecule has 0 saturated carbocycles. The van der Waals surface area contributed by atoms with Gasteiger partial charge < -0.3 is 10.1 Å². The normalized spacial score (nSPS) is 17.7. The van der Waals surface area contributed by atoms with Gasteiger partial charge in [0.15, 0.2) is 0 Å². The van der Waals surface area contributed by atoms with E-state index in [0.717, 1.165) is 18.7 Å². The molecule has 1 aliphatic heterocycles. The Morgan fingerprint density at radius 1 is 1.39 bits per heavy atom. The number of nitrogens with one attached hydrogen (secondary N) is 1. The molecule has 1 fully saturated rings. The molecule has 1 aromatic carbocycles. The molecular formula is C18H23FN2O2. The molecule has 0 radical (unpaired) electrons. The van der Waals surface area contributed by atoms with E-state index in [4.69, 9.17) is 4.74 Å². The quantitative estimate of drug-likeness (QED) is 0.647. The van der Waals surface area contributed by atoms with E-state index < -0.39 is 0 Å². The van der Waals surface area contributed by atoms with Crippen LogP contribution in [0, 0.1) is 5.82 Å². The minimum absolute atomic E-state index is 0.0614. The van der Waals surface area contributed by atoms with E-state index >= 15 is 0 Å². The van der Waals surface area contributed by atoms with Gasteiger partial charge in [-0.2, -0.15) is 0 Å². The van der Waals surface area contributed by atoms with Gasteiger partial charge in [-0.1, -0.05) is 30.4 Å². The molecule has 1 atom stereocenters. The van der Waals surface area contributed by atoms with Gasteiger partial charge in [0.25, 0.3) is 0 Å². The van der Waals surface area contributed by atoms with Crippen molar-refractivity contribution in [1.29, 1.82) is 0 Å². The number of rotatable bonds is 6. The van der Waals surface area contributed by atoms with E-state index in [9.17, 15) is 9.18 Å². The Morgan fingerprint density at radius 2 is 2.17 bits per heavy atom. The number of hydrogen-bond acceptors (Lipinski definition) is 3. The van der Waals surface area contributed by atoms with E-state index in [1.807, 2.05) is 19.1 Å². The van der Waals surface area contributed by atoms with Crippen molar-refractivity contribution in [2.75, 3.05) is 32.8 Å². The topological polar surface area (TPSA) is 41.6 Å². The van der Waals surface area contributed by atoms with Crippen molar-refractivity contribution in [3.05, 3.63) is 60.0 Å². The van der Waals surface area contributed by atoms with E-state index in [0.29, 0.717) is 19.8 Å². The van der Waals surface area contributed by atoms with Crippen LogP contribution in [0.2, 0.25) is 0 Å². The second-order valence-corrected chi connectivity index (χ2v) is 5.35. The Bertz CT molecular complexity index is 566. The summed E-state index contributed by atoms with van der Waals surface area (Å²) in [6.45, 7) is 5.17. The largest absolute Gasteiger partial charge is 0.379 e. The number of amides is 1. The monoisotopic (exact) mass is 318 g/mol. The molecule has 1 aliphatic rings. The van der Waals surface area contributed by atoms with Crippen LogP contribution in [0.1, 0.15) is 18.5 Å². The van der Waals surface area contributed by atoms with E-state index in [-0.39, 0.29) is 17.8 Å². The zero-order valence-corrected chi connectivity index (χ0v) is 13.4. The predicted molar refractivity (Wildman–Crippen MR) is 88.5 cm³/mol. The maximum atomic E-state index is 13.5. The molecule has 0 unspecified atom stereocenters. The molecule has 1 heterocycles. The third-order valence-corrected chi connectivity index (χ3v) is 3.74. The third kappa shape index (κ3) is 5.62. The molecule has 1 saturated heterocycles.